The van der Waals surface area contributed by atoms with E-state index in [-0.39, 0.29) is 5.75 Å². The Morgan fingerprint density at radius 3 is 2.56 bits per heavy atom. The molecule has 1 aromatic rings. The van der Waals surface area contributed by atoms with E-state index in [1.165, 1.54) is 0 Å². The van der Waals surface area contributed by atoms with Crippen LogP contribution in [0.15, 0.2) is 30.3 Å². The van der Waals surface area contributed by atoms with E-state index < -0.39 is 10.0 Å². The molecule has 0 saturated heterocycles. The lowest BCUT2D eigenvalue weighted by Gasteiger charge is -2.06. The van der Waals surface area contributed by atoms with Crippen molar-refractivity contribution >= 4 is 10.0 Å². The number of methoxy groups -OCH3 is 1. The lowest BCUT2D eigenvalue weighted by molar-refractivity contribution is 0.193. The molecule has 0 spiro atoms. The lowest BCUT2D eigenvalue weighted by Crippen LogP contribution is -2.28. The van der Waals surface area contributed by atoms with Crippen LogP contribution in [0.1, 0.15) is 18.4 Å². The summed E-state index contributed by atoms with van der Waals surface area (Å²) in [6.07, 6.45) is 2.23. The molecule has 0 aromatic heterocycles. The van der Waals surface area contributed by atoms with Crippen LogP contribution < -0.4 is 4.72 Å². The van der Waals surface area contributed by atoms with E-state index in [2.05, 4.69) is 4.72 Å². The molecular weight excluding hydrogens is 250 g/mol. The maximum atomic E-state index is 11.7. The Hall–Kier alpha value is -0.910. The second-order valence-electron chi connectivity index (χ2n) is 4.15. The van der Waals surface area contributed by atoms with Crippen molar-refractivity contribution in [3.8, 4) is 0 Å². The molecule has 0 saturated carbocycles. The minimum absolute atomic E-state index is 0.140. The fourth-order valence-corrected chi connectivity index (χ4v) is 2.67. The van der Waals surface area contributed by atoms with Crippen LogP contribution >= 0.6 is 0 Å². The van der Waals surface area contributed by atoms with Gasteiger partial charge in [-0.3, -0.25) is 0 Å². The van der Waals surface area contributed by atoms with Crippen molar-refractivity contribution in [2.75, 3.05) is 26.0 Å². The van der Waals surface area contributed by atoms with E-state index in [1.54, 1.807) is 7.11 Å². The molecule has 0 aliphatic carbocycles. The highest BCUT2D eigenvalue weighted by Gasteiger charge is 2.09. The van der Waals surface area contributed by atoms with Crippen LogP contribution in [-0.4, -0.2) is 34.4 Å². The number of sulfonamides is 1. The van der Waals surface area contributed by atoms with E-state index in [4.69, 9.17) is 4.74 Å². The molecule has 0 aliphatic rings. The highest BCUT2D eigenvalue weighted by atomic mass is 32.2. The first-order chi connectivity index (χ1) is 8.64. The smallest absolute Gasteiger partial charge is 0.211 e. The molecule has 0 atom stereocenters. The highest BCUT2D eigenvalue weighted by Crippen LogP contribution is 2.01. The average Bonchev–Trinajstić information content (AvgIpc) is 2.38. The Morgan fingerprint density at radius 2 is 1.89 bits per heavy atom. The van der Waals surface area contributed by atoms with Gasteiger partial charge in [0, 0.05) is 20.3 Å². The van der Waals surface area contributed by atoms with Gasteiger partial charge in [-0.1, -0.05) is 30.3 Å². The van der Waals surface area contributed by atoms with Gasteiger partial charge in [-0.2, -0.15) is 0 Å². The molecule has 1 rings (SSSR count). The molecule has 18 heavy (non-hydrogen) atoms. The van der Waals surface area contributed by atoms with Crippen molar-refractivity contribution in [3.63, 3.8) is 0 Å². The summed E-state index contributed by atoms with van der Waals surface area (Å²) in [6.45, 7) is 1.16. The van der Waals surface area contributed by atoms with Crippen LogP contribution in [0.3, 0.4) is 0 Å². The predicted molar refractivity (Wildman–Crippen MR) is 73.0 cm³/mol. The second kappa shape index (κ2) is 8.24. The molecule has 1 N–H and O–H groups in total. The van der Waals surface area contributed by atoms with E-state index in [0.717, 1.165) is 18.4 Å². The fourth-order valence-electron chi connectivity index (χ4n) is 1.57. The van der Waals surface area contributed by atoms with Crippen LogP contribution in [0.5, 0.6) is 0 Å². The Balaban J connectivity index is 2.23. The molecule has 0 fully saturated rings. The summed E-state index contributed by atoms with van der Waals surface area (Å²) in [4.78, 5) is 0. The van der Waals surface area contributed by atoms with Crippen molar-refractivity contribution in [1.29, 1.82) is 0 Å². The molecule has 102 valence electrons. The number of unbranched alkanes of at least 4 members (excludes halogenated alkanes) is 1. The zero-order valence-electron chi connectivity index (χ0n) is 10.8. The highest BCUT2D eigenvalue weighted by molar-refractivity contribution is 7.89. The third kappa shape index (κ3) is 6.74. The number of nitrogens with one attached hydrogen (secondary N) is 1. The minimum Gasteiger partial charge on any atom is -0.385 e. The first-order valence-corrected chi connectivity index (χ1v) is 7.79. The quantitative estimate of drug-likeness (QED) is 0.694. The standard InChI is InChI=1S/C13H21NO3S/c1-17-11-6-5-10-14-18(15,16)12-9-13-7-3-2-4-8-13/h2-4,7-8,14H,5-6,9-12H2,1H3. The zero-order chi connectivity index (χ0) is 13.3. The molecule has 4 nitrogen and oxygen atoms in total. The largest absolute Gasteiger partial charge is 0.385 e. The van der Waals surface area contributed by atoms with Crippen molar-refractivity contribution in [3.05, 3.63) is 35.9 Å². The molecule has 0 radical (unpaired) electrons. The van der Waals surface area contributed by atoms with Gasteiger partial charge in [0.2, 0.25) is 10.0 Å². The average molecular weight is 271 g/mol. The van der Waals surface area contributed by atoms with Gasteiger partial charge < -0.3 is 4.74 Å². The molecular formula is C13H21NO3S. The third-order valence-corrected chi connectivity index (χ3v) is 3.99. The van der Waals surface area contributed by atoms with Crippen LogP contribution in [0.4, 0.5) is 0 Å². The molecule has 1 aromatic carbocycles. The van der Waals surface area contributed by atoms with Crippen LogP contribution in [0.2, 0.25) is 0 Å². The van der Waals surface area contributed by atoms with E-state index in [9.17, 15) is 8.42 Å². The zero-order valence-corrected chi connectivity index (χ0v) is 11.6. The number of hydrogen-bond acceptors (Lipinski definition) is 3. The van der Waals surface area contributed by atoms with Gasteiger partial charge in [-0.05, 0) is 24.8 Å². The number of benzene rings is 1. The Bertz CT molecular complexity index is 417. The second-order valence-corrected chi connectivity index (χ2v) is 6.08. The maximum absolute atomic E-state index is 11.7. The summed E-state index contributed by atoms with van der Waals surface area (Å²) >= 11 is 0. The van der Waals surface area contributed by atoms with Crippen LogP contribution in [0, 0.1) is 0 Å². The van der Waals surface area contributed by atoms with Crippen molar-refractivity contribution in [1.82, 2.24) is 4.72 Å². The van der Waals surface area contributed by atoms with Gasteiger partial charge in [0.25, 0.3) is 0 Å². The number of hydrogen-bond donors (Lipinski definition) is 1. The number of ether oxygens (including phenoxy) is 1. The first kappa shape index (κ1) is 15.1. The van der Waals surface area contributed by atoms with Gasteiger partial charge in [0.05, 0.1) is 5.75 Å². The van der Waals surface area contributed by atoms with Crippen LogP contribution in [-0.2, 0) is 21.2 Å². The SMILES string of the molecule is COCCCCNS(=O)(=O)CCc1ccccc1. The summed E-state index contributed by atoms with van der Waals surface area (Å²) in [5.41, 5.74) is 1.04. The monoisotopic (exact) mass is 271 g/mol. The predicted octanol–water partition coefficient (Wildman–Crippen LogP) is 1.58. The normalized spacial score (nSPS) is 11.6. The molecule has 0 bridgehead atoms. The molecule has 0 amide bonds. The maximum Gasteiger partial charge on any atom is 0.211 e. The van der Waals surface area contributed by atoms with Gasteiger partial charge in [0.15, 0.2) is 0 Å². The van der Waals surface area contributed by atoms with Crippen molar-refractivity contribution < 1.29 is 13.2 Å². The summed E-state index contributed by atoms with van der Waals surface area (Å²) in [7, 11) is -1.51. The lowest BCUT2D eigenvalue weighted by atomic mass is 10.2. The Kier molecular flexibility index (Phi) is 6.93. The van der Waals surface area contributed by atoms with Gasteiger partial charge >= 0.3 is 0 Å². The van der Waals surface area contributed by atoms with E-state index >= 15 is 0 Å². The Morgan fingerprint density at radius 1 is 1.17 bits per heavy atom. The van der Waals surface area contributed by atoms with Crippen molar-refractivity contribution in [2.45, 2.75) is 19.3 Å². The van der Waals surface area contributed by atoms with Gasteiger partial charge in [0.1, 0.15) is 0 Å². The summed E-state index contributed by atoms with van der Waals surface area (Å²) in [6, 6.07) is 9.63. The Labute approximate surface area is 109 Å². The summed E-state index contributed by atoms with van der Waals surface area (Å²) in [5.74, 6) is 0.140. The molecule has 0 unspecified atom stereocenters. The van der Waals surface area contributed by atoms with E-state index in [1.807, 2.05) is 30.3 Å². The summed E-state index contributed by atoms with van der Waals surface area (Å²) < 4.78 is 30.9. The van der Waals surface area contributed by atoms with Gasteiger partial charge in [-0.25, -0.2) is 13.1 Å². The minimum atomic E-state index is -3.16. The molecule has 0 aliphatic heterocycles. The fraction of sp³-hybridized carbons (Fsp3) is 0.538. The van der Waals surface area contributed by atoms with Crippen molar-refractivity contribution in [2.24, 2.45) is 0 Å². The number of rotatable bonds is 9. The van der Waals surface area contributed by atoms with Gasteiger partial charge in [-0.15, -0.1) is 0 Å². The summed E-state index contributed by atoms with van der Waals surface area (Å²) in [5, 5.41) is 0. The van der Waals surface area contributed by atoms with Crippen LogP contribution in [0.25, 0.3) is 0 Å². The topological polar surface area (TPSA) is 55.4 Å². The number of aryl methyl sites for hydroxylation is 1. The van der Waals surface area contributed by atoms with E-state index in [0.29, 0.717) is 19.6 Å². The third-order valence-electron chi connectivity index (χ3n) is 2.60. The molecule has 5 heteroatoms. The first-order valence-electron chi connectivity index (χ1n) is 6.14. The molecule has 0 heterocycles.